The molecule has 0 radical (unpaired) electrons. The van der Waals surface area contributed by atoms with Crippen LogP contribution < -0.4 is 5.32 Å². The topological polar surface area (TPSA) is 29.1 Å². The number of amides is 1. The molecule has 1 saturated carbocycles. The molecule has 1 fully saturated rings. The van der Waals surface area contributed by atoms with Crippen LogP contribution in [0.1, 0.15) is 36.5 Å². The lowest BCUT2D eigenvalue weighted by atomic mass is 10.1. The van der Waals surface area contributed by atoms with Crippen LogP contribution in [0.15, 0.2) is 28.7 Å². The van der Waals surface area contributed by atoms with Gasteiger partial charge in [-0.05, 0) is 48.9 Å². The number of carbonyl (C=O) groups excluding carboxylic acids is 1. The van der Waals surface area contributed by atoms with Crippen LogP contribution in [0.2, 0.25) is 0 Å². The number of rotatable bonds is 3. The van der Waals surface area contributed by atoms with Gasteiger partial charge in [0.1, 0.15) is 0 Å². The molecule has 1 aromatic rings. The highest BCUT2D eigenvalue weighted by Crippen LogP contribution is 2.29. The summed E-state index contributed by atoms with van der Waals surface area (Å²) in [6.07, 6.45) is 3.81. The lowest BCUT2D eigenvalue weighted by Gasteiger charge is -2.11. The van der Waals surface area contributed by atoms with E-state index in [1.807, 2.05) is 24.3 Å². The van der Waals surface area contributed by atoms with Gasteiger partial charge in [-0.3, -0.25) is 4.79 Å². The largest absolute Gasteiger partial charge is 0.352 e. The Hall–Kier alpha value is -0.830. The van der Waals surface area contributed by atoms with Gasteiger partial charge in [-0.15, -0.1) is 0 Å². The molecule has 2 nitrogen and oxygen atoms in total. The van der Waals surface area contributed by atoms with Crippen molar-refractivity contribution in [1.82, 2.24) is 5.32 Å². The van der Waals surface area contributed by atoms with Crippen LogP contribution >= 0.6 is 15.9 Å². The van der Waals surface area contributed by atoms with E-state index >= 15 is 0 Å². The minimum Gasteiger partial charge on any atom is -0.352 e. The molecule has 2 rings (SSSR count). The molecule has 0 spiro atoms. The van der Waals surface area contributed by atoms with Gasteiger partial charge >= 0.3 is 0 Å². The van der Waals surface area contributed by atoms with Crippen LogP contribution in [0.25, 0.3) is 0 Å². The maximum atomic E-state index is 11.9. The second-order valence-electron chi connectivity index (χ2n) is 5.00. The average Bonchev–Trinajstić information content (AvgIpc) is 2.73. The molecule has 3 heteroatoms. The predicted octanol–water partition coefficient (Wildman–Crippen LogP) is 3.62. The Morgan fingerprint density at radius 1 is 1.35 bits per heavy atom. The normalized spacial score (nSPS) is 23.6. The Labute approximate surface area is 111 Å². The summed E-state index contributed by atoms with van der Waals surface area (Å²) in [4.78, 5) is 11.9. The van der Waals surface area contributed by atoms with Gasteiger partial charge in [-0.1, -0.05) is 29.3 Å². The van der Waals surface area contributed by atoms with Crippen molar-refractivity contribution in [3.8, 4) is 0 Å². The van der Waals surface area contributed by atoms with Crippen LogP contribution in [-0.2, 0) is 0 Å². The average molecular weight is 296 g/mol. The van der Waals surface area contributed by atoms with Gasteiger partial charge in [-0.25, -0.2) is 0 Å². The third-order valence-electron chi connectivity index (χ3n) is 3.46. The number of nitrogens with one attached hydrogen (secondary N) is 1. The molecule has 1 amide bonds. The zero-order chi connectivity index (χ0) is 12.3. The first-order chi connectivity index (χ1) is 8.15. The smallest absolute Gasteiger partial charge is 0.251 e. The van der Waals surface area contributed by atoms with E-state index in [-0.39, 0.29) is 5.91 Å². The van der Waals surface area contributed by atoms with Gasteiger partial charge in [-0.2, -0.15) is 0 Å². The van der Waals surface area contributed by atoms with Crippen molar-refractivity contribution in [3.05, 3.63) is 34.3 Å². The van der Waals surface area contributed by atoms with Gasteiger partial charge in [0.25, 0.3) is 5.91 Å². The fourth-order valence-electron chi connectivity index (χ4n) is 2.45. The standard InChI is InChI=1S/C14H18BrNO/c1-10-2-3-11(8-10)9-16-14(17)12-4-6-13(15)7-5-12/h4-7,10-11H,2-3,8-9H2,1H3,(H,16,17). The fourth-order valence-corrected chi connectivity index (χ4v) is 2.72. The SMILES string of the molecule is CC1CCC(CNC(=O)c2ccc(Br)cc2)C1. The number of carbonyl (C=O) groups is 1. The molecule has 17 heavy (non-hydrogen) atoms. The number of benzene rings is 1. The molecule has 92 valence electrons. The summed E-state index contributed by atoms with van der Waals surface area (Å²) >= 11 is 3.36. The van der Waals surface area contributed by atoms with E-state index in [4.69, 9.17) is 0 Å². The molecule has 2 unspecified atom stereocenters. The minimum absolute atomic E-state index is 0.0389. The minimum atomic E-state index is 0.0389. The Balaban J connectivity index is 1.83. The highest BCUT2D eigenvalue weighted by molar-refractivity contribution is 9.10. The van der Waals surface area contributed by atoms with Crippen LogP contribution in [0, 0.1) is 11.8 Å². The summed E-state index contributed by atoms with van der Waals surface area (Å²) in [5, 5.41) is 3.03. The van der Waals surface area contributed by atoms with Crippen molar-refractivity contribution >= 4 is 21.8 Å². The zero-order valence-electron chi connectivity index (χ0n) is 10.1. The first-order valence-corrected chi connectivity index (χ1v) is 6.98. The van der Waals surface area contributed by atoms with Crippen LogP contribution in [-0.4, -0.2) is 12.5 Å². The van der Waals surface area contributed by atoms with E-state index in [0.717, 1.165) is 22.5 Å². The van der Waals surface area contributed by atoms with E-state index < -0.39 is 0 Å². The third-order valence-corrected chi connectivity index (χ3v) is 3.99. The van der Waals surface area contributed by atoms with Crippen LogP contribution in [0.5, 0.6) is 0 Å². The van der Waals surface area contributed by atoms with Gasteiger partial charge in [0.2, 0.25) is 0 Å². The summed E-state index contributed by atoms with van der Waals surface area (Å²) in [5.41, 5.74) is 0.735. The molecule has 1 N–H and O–H groups in total. The second kappa shape index (κ2) is 5.67. The van der Waals surface area contributed by atoms with E-state index in [0.29, 0.717) is 5.92 Å². The monoisotopic (exact) mass is 295 g/mol. The van der Waals surface area contributed by atoms with Crippen molar-refractivity contribution in [2.24, 2.45) is 11.8 Å². The molecule has 1 aliphatic rings. The van der Waals surface area contributed by atoms with Crippen molar-refractivity contribution in [2.75, 3.05) is 6.54 Å². The summed E-state index contributed by atoms with van der Waals surface area (Å²) in [7, 11) is 0. The molecule has 2 atom stereocenters. The highest BCUT2D eigenvalue weighted by Gasteiger charge is 2.21. The van der Waals surface area contributed by atoms with E-state index in [1.54, 1.807) is 0 Å². The lowest BCUT2D eigenvalue weighted by molar-refractivity contribution is 0.0947. The van der Waals surface area contributed by atoms with Crippen molar-refractivity contribution < 1.29 is 4.79 Å². The second-order valence-corrected chi connectivity index (χ2v) is 5.92. The first kappa shape index (κ1) is 12.6. The number of hydrogen-bond acceptors (Lipinski definition) is 1. The zero-order valence-corrected chi connectivity index (χ0v) is 11.7. The van der Waals surface area contributed by atoms with Crippen LogP contribution in [0.3, 0.4) is 0 Å². The molecular formula is C14H18BrNO. The molecule has 0 aromatic heterocycles. The van der Waals surface area contributed by atoms with Crippen molar-refractivity contribution in [1.29, 1.82) is 0 Å². The fraction of sp³-hybridized carbons (Fsp3) is 0.500. The van der Waals surface area contributed by atoms with Gasteiger partial charge < -0.3 is 5.32 Å². The number of hydrogen-bond donors (Lipinski definition) is 1. The van der Waals surface area contributed by atoms with Crippen molar-refractivity contribution in [3.63, 3.8) is 0 Å². The molecule has 0 saturated heterocycles. The summed E-state index contributed by atoms with van der Waals surface area (Å²) in [6, 6.07) is 7.48. The first-order valence-electron chi connectivity index (χ1n) is 6.19. The van der Waals surface area contributed by atoms with E-state index in [1.165, 1.54) is 19.3 Å². The molecule has 0 bridgehead atoms. The maximum absolute atomic E-state index is 11.9. The van der Waals surface area contributed by atoms with Gasteiger partial charge in [0.15, 0.2) is 0 Å². The van der Waals surface area contributed by atoms with Gasteiger partial charge in [0.05, 0.1) is 0 Å². The summed E-state index contributed by atoms with van der Waals surface area (Å²) < 4.78 is 0.999. The Kier molecular flexibility index (Phi) is 4.21. The Bertz CT molecular complexity index is 388. The quantitative estimate of drug-likeness (QED) is 0.907. The van der Waals surface area contributed by atoms with E-state index in [2.05, 4.69) is 28.2 Å². The Morgan fingerprint density at radius 2 is 2.06 bits per heavy atom. The lowest BCUT2D eigenvalue weighted by Crippen LogP contribution is -2.28. The third kappa shape index (κ3) is 3.56. The van der Waals surface area contributed by atoms with Gasteiger partial charge in [0, 0.05) is 16.6 Å². The Morgan fingerprint density at radius 3 is 2.65 bits per heavy atom. The molecule has 1 aromatic carbocycles. The van der Waals surface area contributed by atoms with Crippen molar-refractivity contribution in [2.45, 2.75) is 26.2 Å². The van der Waals surface area contributed by atoms with Crippen LogP contribution in [0.4, 0.5) is 0 Å². The molecular weight excluding hydrogens is 278 g/mol. The molecule has 0 aliphatic heterocycles. The molecule has 1 aliphatic carbocycles. The summed E-state index contributed by atoms with van der Waals surface area (Å²) in [6.45, 7) is 3.11. The molecule has 0 heterocycles. The number of halogens is 1. The highest BCUT2D eigenvalue weighted by atomic mass is 79.9. The summed E-state index contributed by atoms with van der Waals surface area (Å²) in [5.74, 6) is 1.53. The maximum Gasteiger partial charge on any atom is 0.251 e. The van der Waals surface area contributed by atoms with E-state index in [9.17, 15) is 4.79 Å². The predicted molar refractivity (Wildman–Crippen MR) is 73.0 cm³/mol.